The molecule has 1 aliphatic rings. The Morgan fingerprint density at radius 3 is 2.71 bits per heavy atom. The molecule has 0 unspecified atom stereocenters. The number of anilines is 2. The number of aryl methyl sites for hydroxylation is 1. The average Bonchev–Trinajstić information content (AvgIpc) is 2.82. The fourth-order valence-corrected chi connectivity index (χ4v) is 2.54. The van der Waals surface area contributed by atoms with Gasteiger partial charge in [-0.15, -0.1) is 0 Å². The van der Waals surface area contributed by atoms with Crippen molar-refractivity contribution in [3.63, 3.8) is 0 Å². The summed E-state index contributed by atoms with van der Waals surface area (Å²) in [6.45, 7) is 2.40. The zero-order valence-electron chi connectivity index (χ0n) is 13.5. The Kier molecular flexibility index (Phi) is 5.36. The number of nitrogens with one attached hydrogen (secondary N) is 2. The van der Waals surface area contributed by atoms with Crippen LogP contribution in [0.25, 0.3) is 0 Å². The van der Waals surface area contributed by atoms with Crippen LogP contribution in [0.3, 0.4) is 0 Å². The summed E-state index contributed by atoms with van der Waals surface area (Å²) in [5.41, 5.74) is 2.04. The molecule has 0 spiro atoms. The molecule has 1 heterocycles. The molecule has 0 aromatic heterocycles. The third kappa shape index (κ3) is 4.62. The van der Waals surface area contributed by atoms with Gasteiger partial charge in [-0.3, -0.25) is 9.59 Å². The minimum atomic E-state index is -4.40. The fourth-order valence-electron chi connectivity index (χ4n) is 2.54. The number of nitrogens with zero attached hydrogens (tertiary/aromatic N) is 1. The van der Waals surface area contributed by atoms with E-state index in [1.165, 1.54) is 0 Å². The van der Waals surface area contributed by atoms with Crippen LogP contribution in [0.2, 0.25) is 0 Å². The highest BCUT2D eigenvalue weighted by molar-refractivity contribution is 5.91. The molecule has 0 bridgehead atoms. The predicted molar refractivity (Wildman–Crippen MR) is 84.8 cm³/mol. The zero-order chi connectivity index (χ0) is 17.9. The minimum Gasteiger partial charge on any atom is -0.373 e. The number of carbonyl (C=O) groups excluding carboxylic acids is 2. The average molecular weight is 343 g/mol. The van der Waals surface area contributed by atoms with Gasteiger partial charge in [0.15, 0.2) is 0 Å². The van der Waals surface area contributed by atoms with Crippen LogP contribution in [-0.2, 0) is 9.59 Å². The number of halogens is 3. The van der Waals surface area contributed by atoms with Crippen molar-refractivity contribution >= 4 is 23.2 Å². The van der Waals surface area contributed by atoms with Gasteiger partial charge in [0.1, 0.15) is 12.6 Å². The lowest BCUT2D eigenvalue weighted by Gasteiger charge is -2.20. The van der Waals surface area contributed by atoms with E-state index < -0.39 is 24.7 Å². The van der Waals surface area contributed by atoms with Crippen LogP contribution in [0.1, 0.15) is 25.3 Å². The predicted octanol–water partition coefficient (Wildman–Crippen LogP) is 2.92. The molecule has 2 rings (SSSR count). The Hall–Kier alpha value is -2.25. The molecule has 8 heteroatoms. The lowest BCUT2D eigenvalue weighted by atomic mass is 10.1. The molecule has 1 saturated heterocycles. The summed E-state index contributed by atoms with van der Waals surface area (Å²) in [5, 5.41) is 5.71. The van der Waals surface area contributed by atoms with Crippen LogP contribution in [0, 0.1) is 6.92 Å². The van der Waals surface area contributed by atoms with Crippen LogP contribution in [0.4, 0.5) is 24.5 Å². The first-order valence-electron chi connectivity index (χ1n) is 7.72. The first kappa shape index (κ1) is 18.1. The number of alkyl halides is 3. The molecular formula is C16H20F3N3O2. The van der Waals surface area contributed by atoms with Gasteiger partial charge in [0.2, 0.25) is 11.8 Å². The fraction of sp³-hybridized carbons (Fsp3) is 0.500. The topological polar surface area (TPSA) is 61.4 Å². The van der Waals surface area contributed by atoms with Crippen LogP contribution in [0.5, 0.6) is 0 Å². The Morgan fingerprint density at radius 2 is 2.08 bits per heavy atom. The number of hydrogen-bond acceptors (Lipinski definition) is 3. The minimum absolute atomic E-state index is 0.0708. The van der Waals surface area contributed by atoms with Gasteiger partial charge in [-0.25, -0.2) is 0 Å². The molecular weight excluding hydrogens is 323 g/mol. The Labute approximate surface area is 138 Å². The highest BCUT2D eigenvalue weighted by Gasteiger charge is 2.39. The van der Waals surface area contributed by atoms with Crippen molar-refractivity contribution in [3.05, 3.63) is 23.8 Å². The molecule has 0 saturated carbocycles. The van der Waals surface area contributed by atoms with Crippen LogP contribution in [-0.4, -0.2) is 42.0 Å². The van der Waals surface area contributed by atoms with Crippen molar-refractivity contribution in [1.29, 1.82) is 0 Å². The molecule has 2 N–H and O–H groups in total. The molecule has 5 nitrogen and oxygen atoms in total. The van der Waals surface area contributed by atoms with Crippen molar-refractivity contribution in [3.8, 4) is 0 Å². The number of likely N-dealkylation sites (tertiary alicyclic amines) is 1. The molecule has 1 aromatic carbocycles. The molecule has 2 amide bonds. The Bertz CT molecular complexity index is 631. The number of benzene rings is 1. The molecule has 1 fully saturated rings. The van der Waals surface area contributed by atoms with E-state index in [-0.39, 0.29) is 12.5 Å². The number of amides is 2. The van der Waals surface area contributed by atoms with E-state index in [0.29, 0.717) is 24.2 Å². The van der Waals surface area contributed by atoms with E-state index in [4.69, 9.17) is 0 Å². The standard InChI is InChI=1S/C16H20F3N3O2/c1-3-14(23)20-11-5-4-10(2)13(8-11)21-12-6-7-22(15(12)24)9-16(17,18)19/h4-5,8,12,21H,3,6-7,9H2,1-2H3,(H,20,23)/t12-/m0/s1. The van der Waals surface area contributed by atoms with Crippen molar-refractivity contribution in [2.24, 2.45) is 0 Å². The van der Waals surface area contributed by atoms with Crippen molar-refractivity contribution < 1.29 is 22.8 Å². The lowest BCUT2D eigenvalue weighted by Crippen LogP contribution is -2.39. The van der Waals surface area contributed by atoms with Crippen LogP contribution in [0.15, 0.2) is 18.2 Å². The van der Waals surface area contributed by atoms with Gasteiger partial charge in [-0.1, -0.05) is 13.0 Å². The molecule has 132 valence electrons. The van der Waals surface area contributed by atoms with E-state index in [0.717, 1.165) is 10.5 Å². The number of carbonyl (C=O) groups is 2. The third-order valence-corrected chi connectivity index (χ3v) is 3.84. The van der Waals surface area contributed by atoms with Gasteiger partial charge >= 0.3 is 6.18 Å². The number of rotatable bonds is 5. The summed E-state index contributed by atoms with van der Waals surface area (Å²) in [6, 6.07) is 4.51. The van der Waals surface area contributed by atoms with E-state index >= 15 is 0 Å². The van der Waals surface area contributed by atoms with Gasteiger partial charge in [0.25, 0.3) is 0 Å². The van der Waals surface area contributed by atoms with E-state index in [1.807, 2.05) is 6.92 Å². The summed E-state index contributed by atoms with van der Waals surface area (Å²) in [7, 11) is 0. The summed E-state index contributed by atoms with van der Waals surface area (Å²) < 4.78 is 37.4. The largest absolute Gasteiger partial charge is 0.406 e. The first-order valence-corrected chi connectivity index (χ1v) is 7.72. The third-order valence-electron chi connectivity index (χ3n) is 3.84. The second-order valence-corrected chi connectivity index (χ2v) is 5.79. The SMILES string of the molecule is CCC(=O)Nc1ccc(C)c(N[C@H]2CCN(CC(F)(F)F)C2=O)c1. The molecule has 24 heavy (non-hydrogen) atoms. The summed E-state index contributed by atoms with van der Waals surface area (Å²) in [4.78, 5) is 24.4. The van der Waals surface area contributed by atoms with E-state index in [9.17, 15) is 22.8 Å². The van der Waals surface area contributed by atoms with Gasteiger partial charge in [-0.05, 0) is 31.0 Å². The summed E-state index contributed by atoms with van der Waals surface area (Å²) in [6.07, 6.45) is -3.76. The highest BCUT2D eigenvalue weighted by Crippen LogP contribution is 2.26. The normalized spacial score (nSPS) is 18.0. The highest BCUT2D eigenvalue weighted by atomic mass is 19.4. The number of hydrogen-bond donors (Lipinski definition) is 2. The summed E-state index contributed by atoms with van der Waals surface area (Å²) >= 11 is 0. The second kappa shape index (κ2) is 7.11. The van der Waals surface area contributed by atoms with Crippen molar-refractivity contribution in [1.82, 2.24) is 4.90 Å². The molecule has 0 aliphatic carbocycles. The first-order chi connectivity index (χ1) is 11.2. The summed E-state index contributed by atoms with van der Waals surface area (Å²) in [5.74, 6) is -0.701. The lowest BCUT2D eigenvalue weighted by molar-refractivity contribution is -0.157. The monoisotopic (exact) mass is 343 g/mol. The maximum atomic E-state index is 12.5. The molecule has 0 radical (unpaired) electrons. The van der Waals surface area contributed by atoms with Crippen LogP contribution >= 0.6 is 0 Å². The van der Waals surface area contributed by atoms with Crippen LogP contribution < -0.4 is 10.6 Å². The van der Waals surface area contributed by atoms with Crippen molar-refractivity contribution in [2.75, 3.05) is 23.7 Å². The van der Waals surface area contributed by atoms with E-state index in [2.05, 4.69) is 10.6 Å². The Morgan fingerprint density at radius 1 is 1.38 bits per heavy atom. The Balaban J connectivity index is 2.07. The molecule has 1 aliphatic heterocycles. The van der Waals surface area contributed by atoms with Gasteiger partial charge in [0.05, 0.1) is 0 Å². The maximum Gasteiger partial charge on any atom is 0.406 e. The van der Waals surface area contributed by atoms with Gasteiger partial charge in [0, 0.05) is 24.3 Å². The smallest absolute Gasteiger partial charge is 0.373 e. The van der Waals surface area contributed by atoms with E-state index in [1.54, 1.807) is 25.1 Å². The quantitative estimate of drug-likeness (QED) is 0.864. The molecule has 1 aromatic rings. The second-order valence-electron chi connectivity index (χ2n) is 5.79. The zero-order valence-corrected chi connectivity index (χ0v) is 13.5. The molecule has 1 atom stereocenters. The maximum absolute atomic E-state index is 12.5. The van der Waals surface area contributed by atoms with Gasteiger partial charge < -0.3 is 15.5 Å². The van der Waals surface area contributed by atoms with Gasteiger partial charge in [-0.2, -0.15) is 13.2 Å². The van der Waals surface area contributed by atoms with Crippen molar-refractivity contribution in [2.45, 2.75) is 38.9 Å².